The zero-order valence-corrected chi connectivity index (χ0v) is 15.2. The van der Waals surface area contributed by atoms with E-state index in [0.29, 0.717) is 11.6 Å². The van der Waals surface area contributed by atoms with E-state index in [0.717, 1.165) is 30.5 Å². The zero-order valence-electron chi connectivity index (χ0n) is 13.6. The number of carbonyl (C=O) groups excluding carboxylic acids is 1. The molecule has 4 nitrogen and oxygen atoms in total. The minimum Gasteiger partial charge on any atom is -0.348 e. The van der Waals surface area contributed by atoms with E-state index < -0.39 is 0 Å². The molecule has 1 saturated heterocycles. The molecule has 0 aliphatic carbocycles. The van der Waals surface area contributed by atoms with E-state index in [1.165, 1.54) is 0 Å². The summed E-state index contributed by atoms with van der Waals surface area (Å²) in [7, 11) is 0. The standard InChI is InChI=1S/C18H21N3O.2ClH/c1-13-17(8-5-9-20-13)21-18(22)16-10-15(11-19-12-16)14-6-3-2-4-7-14;;/h2-4,6-7,10-13,17,20H,5,8-9H2,1H3,(H,21,22);2*1H. The molecule has 2 unspecified atom stereocenters. The highest BCUT2D eigenvalue weighted by Crippen LogP contribution is 2.19. The van der Waals surface area contributed by atoms with Crippen molar-refractivity contribution in [2.24, 2.45) is 0 Å². The van der Waals surface area contributed by atoms with Crippen molar-refractivity contribution in [3.8, 4) is 11.1 Å². The summed E-state index contributed by atoms with van der Waals surface area (Å²) < 4.78 is 0. The van der Waals surface area contributed by atoms with E-state index >= 15 is 0 Å². The second-order valence-electron chi connectivity index (χ2n) is 5.79. The van der Waals surface area contributed by atoms with Gasteiger partial charge in [0.05, 0.1) is 5.56 Å². The van der Waals surface area contributed by atoms with Crippen LogP contribution in [0.4, 0.5) is 0 Å². The summed E-state index contributed by atoms with van der Waals surface area (Å²) in [6.07, 6.45) is 5.53. The lowest BCUT2D eigenvalue weighted by atomic mass is 9.99. The molecule has 0 bridgehead atoms. The van der Waals surface area contributed by atoms with Crippen LogP contribution < -0.4 is 10.6 Å². The third-order valence-electron chi connectivity index (χ3n) is 4.19. The maximum absolute atomic E-state index is 12.5. The van der Waals surface area contributed by atoms with Crippen LogP contribution in [0.15, 0.2) is 48.8 Å². The third-order valence-corrected chi connectivity index (χ3v) is 4.19. The molecule has 6 heteroatoms. The summed E-state index contributed by atoms with van der Waals surface area (Å²) in [5.41, 5.74) is 2.64. The first kappa shape index (κ1) is 20.4. The van der Waals surface area contributed by atoms with Gasteiger partial charge in [0.25, 0.3) is 5.91 Å². The molecule has 0 saturated carbocycles. The summed E-state index contributed by atoms with van der Waals surface area (Å²) in [6.45, 7) is 3.14. The van der Waals surface area contributed by atoms with Gasteiger partial charge in [-0.2, -0.15) is 0 Å². The van der Waals surface area contributed by atoms with Crippen molar-refractivity contribution in [1.82, 2.24) is 15.6 Å². The molecule has 130 valence electrons. The Morgan fingerprint density at radius 2 is 1.92 bits per heavy atom. The minimum atomic E-state index is -0.0502. The van der Waals surface area contributed by atoms with Gasteiger partial charge in [0.2, 0.25) is 0 Å². The first-order valence-corrected chi connectivity index (χ1v) is 7.79. The van der Waals surface area contributed by atoms with Gasteiger partial charge in [-0.05, 0) is 37.9 Å². The number of nitrogens with one attached hydrogen (secondary N) is 2. The average Bonchev–Trinajstić information content (AvgIpc) is 2.58. The van der Waals surface area contributed by atoms with E-state index in [1.54, 1.807) is 12.4 Å². The van der Waals surface area contributed by atoms with Gasteiger partial charge < -0.3 is 10.6 Å². The van der Waals surface area contributed by atoms with Gasteiger partial charge >= 0.3 is 0 Å². The fourth-order valence-corrected chi connectivity index (χ4v) is 2.85. The molecule has 0 radical (unpaired) electrons. The van der Waals surface area contributed by atoms with Crippen LogP contribution in [0, 0.1) is 0 Å². The lowest BCUT2D eigenvalue weighted by molar-refractivity contribution is 0.0919. The van der Waals surface area contributed by atoms with Crippen molar-refractivity contribution in [3.63, 3.8) is 0 Å². The summed E-state index contributed by atoms with van der Waals surface area (Å²) >= 11 is 0. The van der Waals surface area contributed by atoms with Crippen molar-refractivity contribution in [3.05, 3.63) is 54.4 Å². The second-order valence-corrected chi connectivity index (χ2v) is 5.79. The molecule has 1 aliphatic rings. The number of amides is 1. The molecule has 24 heavy (non-hydrogen) atoms. The highest BCUT2D eigenvalue weighted by atomic mass is 35.5. The molecule has 1 fully saturated rings. The Labute approximate surface area is 155 Å². The van der Waals surface area contributed by atoms with Crippen LogP contribution >= 0.6 is 24.8 Å². The molecule has 2 atom stereocenters. The van der Waals surface area contributed by atoms with Gasteiger partial charge in [0.15, 0.2) is 0 Å². The number of halogens is 2. The molecular formula is C18H23Cl2N3O. The zero-order chi connectivity index (χ0) is 15.4. The summed E-state index contributed by atoms with van der Waals surface area (Å²) in [4.78, 5) is 16.7. The van der Waals surface area contributed by atoms with Gasteiger partial charge in [-0.3, -0.25) is 9.78 Å². The first-order chi connectivity index (χ1) is 10.7. The van der Waals surface area contributed by atoms with Crippen LogP contribution in [0.25, 0.3) is 11.1 Å². The maximum Gasteiger partial charge on any atom is 0.253 e. The van der Waals surface area contributed by atoms with Gasteiger partial charge in [0.1, 0.15) is 0 Å². The Kier molecular flexibility index (Phi) is 8.19. The van der Waals surface area contributed by atoms with E-state index in [1.807, 2.05) is 36.4 Å². The maximum atomic E-state index is 12.5. The van der Waals surface area contributed by atoms with Crippen molar-refractivity contribution >= 4 is 30.7 Å². The SMILES string of the molecule is CC1NCCCC1NC(=O)c1cncc(-c2ccccc2)c1.Cl.Cl. The fourth-order valence-electron chi connectivity index (χ4n) is 2.85. The van der Waals surface area contributed by atoms with Crippen LogP contribution in [-0.4, -0.2) is 29.5 Å². The van der Waals surface area contributed by atoms with Crippen LogP contribution in [0.2, 0.25) is 0 Å². The minimum absolute atomic E-state index is 0. The van der Waals surface area contributed by atoms with Crippen molar-refractivity contribution in [2.45, 2.75) is 31.8 Å². The second kappa shape index (κ2) is 9.62. The fraction of sp³-hybridized carbons (Fsp3) is 0.333. The summed E-state index contributed by atoms with van der Waals surface area (Å²) in [5, 5.41) is 6.52. The van der Waals surface area contributed by atoms with E-state index in [9.17, 15) is 4.79 Å². The lowest BCUT2D eigenvalue weighted by Crippen LogP contribution is -2.51. The van der Waals surface area contributed by atoms with Crippen LogP contribution in [0.3, 0.4) is 0 Å². The van der Waals surface area contributed by atoms with Gasteiger partial charge in [-0.15, -0.1) is 24.8 Å². The van der Waals surface area contributed by atoms with E-state index in [4.69, 9.17) is 0 Å². The molecule has 2 heterocycles. The summed E-state index contributed by atoms with van der Waals surface area (Å²) in [5.74, 6) is -0.0502. The quantitative estimate of drug-likeness (QED) is 0.873. The Balaban J connectivity index is 0.00000144. The number of nitrogens with zero attached hydrogens (tertiary/aromatic N) is 1. The van der Waals surface area contributed by atoms with Crippen molar-refractivity contribution in [2.75, 3.05) is 6.54 Å². The monoisotopic (exact) mass is 367 g/mol. The number of carbonyl (C=O) groups is 1. The molecule has 2 aromatic rings. The number of hydrogen-bond donors (Lipinski definition) is 2. The number of hydrogen-bond acceptors (Lipinski definition) is 3. The first-order valence-electron chi connectivity index (χ1n) is 7.79. The Hall–Kier alpha value is -1.62. The highest BCUT2D eigenvalue weighted by molar-refractivity contribution is 5.95. The molecule has 3 rings (SSSR count). The lowest BCUT2D eigenvalue weighted by Gasteiger charge is -2.30. The van der Waals surface area contributed by atoms with E-state index in [2.05, 4.69) is 22.5 Å². The molecule has 1 aliphatic heterocycles. The van der Waals surface area contributed by atoms with Gasteiger partial charge in [-0.1, -0.05) is 30.3 Å². The number of piperidine rings is 1. The number of pyridine rings is 1. The number of aromatic nitrogens is 1. The summed E-state index contributed by atoms with van der Waals surface area (Å²) in [6, 6.07) is 12.4. The van der Waals surface area contributed by atoms with Crippen LogP contribution in [0.1, 0.15) is 30.1 Å². The van der Waals surface area contributed by atoms with Gasteiger partial charge in [-0.25, -0.2) is 0 Å². The molecule has 1 amide bonds. The van der Waals surface area contributed by atoms with Crippen LogP contribution in [-0.2, 0) is 0 Å². The average molecular weight is 368 g/mol. The van der Waals surface area contributed by atoms with Crippen molar-refractivity contribution < 1.29 is 4.79 Å². The van der Waals surface area contributed by atoms with Crippen LogP contribution in [0.5, 0.6) is 0 Å². The third kappa shape index (κ3) is 4.94. The Morgan fingerprint density at radius 3 is 2.62 bits per heavy atom. The predicted octanol–water partition coefficient (Wildman–Crippen LogP) is 3.46. The Bertz CT molecular complexity index is 652. The van der Waals surface area contributed by atoms with Gasteiger partial charge in [0, 0.05) is 30.0 Å². The number of benzene rings is 1. The van der Waals surface area contributed by atoms with E-state index in [-0.39, 0.29) is 36.8 Å². The topological polar surface area (TPSA) is 54.0 Å². The smallest absolute Gasteiger partial charge is 0.253 e. The normalized spacial score (nSPS) is 19.5. The van der Waals surface area contributed by atoms with Crippen molar-refractivity contribution in [1.29, 1.82) is 0 Å². The molecule has 1 aromatic carbocycles. The Morgan fingerprint density at radius 1 is 1.17 bits per heavy atom. The predicted molar refractivity (Wildman–Crippen MR) is 102 cm³/mol. The highest BCUT2D eigenvalue weighted by Gasteiger charge is 2.23. The molecular weight excluding hydrogens is 345 g/mol. The molecule has 1 aromatic heterocycles. The largest absolute Gasteiger partial charge is 0.348 e. The number of rotatable bonds is 3. The molecule has 0 spiro atoms. The molecule has 2 N–H and O–H groups in total.